The number of carbonyl (C=O) groups is 2. The van der Waals surface area contributed by atoms with E-state index in [0.717, 1.165) is 27.1 Å². The van der Waals surface area contributed by atoms with Crippen molar-refractivity contribution in [3.8, 4) is 11.1 Å². The molecule has 1 aliphatic rings. The lowest BCUT2D eigenvalue weighted by Gasteiger charge is -2.22. The first-order chi connectivity index (χ1) is 14.1. The zero-order valence-electron chi connectivity index (χ0n) is 15.7. The molecule has 2 atom stereocenters. The van der Waals surface area contributed by atoms with Gasteiger partial charge in [0.1, 0.15) is 12.5 Å². The molecule has 0 saturated carbocycles. The molecule has 1 unspecified atom stereocenters. The van der Waals surface area contributed by atoms with Crippen molar-refractivity contribution in [3.05, 3.63) is 82.0 Å². The normalized spacial score (nSPS) is 14.7. The van der Waals surface area contributed by atoms with Crippen LogP contribution in [0.4, 0.5) is 0 Å². The molecular weight excluding hydrogens is 386 g/mol. The Bertz CT molecular complexity index is 985. The summed E-state index contributed by atoms with van der Waals surface area (Å²) in [5, 5.41) is 10.9. The summed E-state index contributed by atoms with van der Waals surface area (Å²) in [7, 11) is 0. The molecule has 2 aromatic carbocycles. The molecule has 1 aliphatic carbocycles. The maximum absolute atomic E-state index is 13.0. The Morgan fingerprint density at radius 3 is 2.17 bits per heavy atom. The molecule has 5 nitrogen and oxygen atoms in total. The number of carboxylic acids is 1. The summed E-state index contributed by atoms with van der Waals surface area (Å²) in [4.78, 5) is 24.8. The Balaban J connectivity index is 1.56. The number of benzene rings is 2. The van der Waals surface area contributed by atoms with Crippen molar-refractivity contribution >= 4 is 23.3 Å². The topological polar surface area (TPSA) is 89.6 Å². The molecule has 1 aromatic heterocycles. The largest absolute Gasteiger partial charge is 0.481 e. The minimum atomic E-state index is -1.04. The van der Waals surface area contributed by atoms with E-state index in [2.05, 4.69) is 24.3 Å². The van der Waals surface area contributed by atoms with E-state index in [1.54, 1.807) is 6.07 Å². The van der Waals surface area contributed by atoms with Gasteiger partial charge < -0.3 is 15.6 Å². The molecule has 0 spiro atoms. The Kier molecular flexibility index (Phi) is 5.47. The van der Waals surface area contributed by atoms with Crippen LogP contribution >= 0.6 is 11.3 Å². The Hall–Kier alpha value is -2.96. The molecule has 0 aliphatic heterocycles. The summed E-state index contributed by atoms with van der Waals surface area (Å²) in [6.07, 6.45) is -0.299. The predicted octanol–water partition coefficient (Wildman–Crippen LogP) is 3.99. The second kappa shape index (κ2) is 8.19. The van der Waals surface area contributed by atoms with Crippen molar-refractivity contribution in [1.82, 2.24) is 0 Å². The quantitative estimate of drug-likeness (QED) is 0.578. The van der Waals surface area contributed by atoms with Crippen LogP contribution in [0.1, 0.15) is 34.3 Å². The van der Waals surface area contributed by atoms with Gasteiger partial charge in [0, 0.05) is 16.8 Å². The standard InChI is InChI=1S/C23H21NO4S/c24-19(12-21(25)26)22(20-10-5-11-29-20)23(27)28-13-18-16-8-3-1-6-14(16)15-7-2-4-9-17(15)18/h1-11,18-19,22H,12-13,24H2,(H,25,26)/t19-,22?/m1/s1. The summed E-state index contributed by atoms with van der Waals surface area (Å²) in [5.74, 6) is -2.36. The van der Waals surface area contributed by atoms with Gasteiger partial charge in [-0.2, -0.15) is 0 Å². The van der Waals surface area contributed by atoms with Gasteiger partial charge in [-0.3, -0.25) is 9.59 Å². The monoisotopic (exact) mass is 407 g/mol. The van der Waals surface area contributed by atoms with Crippen LogP contribution in [-0.2, 0) is 14.3 Å². The maximum atomic E-state index is 13.0. The van der Waals surface area contributed by atoms with Crippen molar-refractivity contribution in [1.29, 1.82) is 0 Å². The van der Waals surface area contributed by atoms with Gasteiger partial charge in [0.05, 0.1) is 6.42 Å². The van der Waals surface area contributed by atoms with Crippen LogP contribution in [-0.4, -0.2) is 29.7 Å². The number of aliphatic carboxylic acids is 1. The van der Waals surface area contributed by atoms with Crippen molar-refractivity contribution in [2.24, 2.45) is 5.73 Å². The fourth-order valence-corrected chi connectivity index (χ4v) is 4.87. The van der Waals surface area contributed by atoms with Crippen molar-refractivity contribution in [2.45, 2.75) is 24.3 Å². The van der Waals surface area contributed by atoms with Gasteiger partial charge >= 0.3 is 11.9 Å². The molecule has 0 saturated heterocycles. The lowest BCUT2D eigenvalue weighted by Crippen LogP contribution is -2.36. The summed E-state index contributed by atoms with van der Waals surface area (Å²) >= 11 is 1.38. The molecule has 4 rings (SSSR count). The third-order valence-electron chi connectivity index (χ3n) is 5.30. The van der Waals surface area contributed by atoms with Gasteiger partial charge in [-0.25, -0.2) is 0 Å². The average molecular weight is 407 g/mol. The summed E-state index contributed by atoms with van der Waals surface area (Å²) < 4.78 is 5.72. The van der Waals surface area contributed by atoms with Crippen molar-refractivity contribution in [2.75, 3.05) is 6.61 Å². The first-order valence-electron chi connectivity index (χ1n) is 9.42. The summed E-state index contributed by atoms with van der Waals surface area (Å²) in [6.45, 7) is 0.189. The Morgan fingerprint density at radius 2 is 1.62 bits per heavy atom. The lowest BCUT2D eigenvalue weighted by molar-refractivity contribution is -0.146. The van der Waals surface area contributed by atoms with Gasteiger partial charge in [0.25, 0.3) is 0 Å². The van der Waals surface area contributed by atoms with Crippen LogP contribution in [0.5, 0.6) is 0 Å². The number of esters is 1. The van der Waals surface area contributed by atoms with Crippen LogP contribution in [0.2, 0.25) is 0 Å². The first-order valence-corrected chi connectivity index (χ1v) is 10.3. The van der Waals surface area contributed by atoms with Crippen molar-refractivity contribution < 1.29 is 19.4 Å². The highest BCUT2D eigenvalue weighted by molar-refractivity contribution is 7.10. The molecule has 0 bridgehead atoms. The van der Waals surface area contributed by atoms with E-state index >= 15 is 0 Å². The number of carbonyl (C=O) groups excluding carboxylic acids is 1. The highest BCUT2D eigenvalue weighted by Crippen LogP contribution is 2.44. The second-order valence-electron chi connectivity index (χ2n) is 7.11. The maximum Gasteiger partial charge on any atom is 0.315 e. The molecule has 6 heteroatoms. The SMILES string of the molecule is N[C@H](CC(=O)O)C(C(=O)OCC1c2ccccc2-c2ccccc21)c1cccs1. The van der Waals surface area contributed by atoms with E-state index in [4.69, 9.17) is 15.6 Å². The van der Waals surface area contributed by atoms with E-state index in [-0.39, 0.29) is 18.9 Å². The van der Waals surface area contributed by atoms with Crippen molar-refractivity contribution in [3.63, 3.8) is 0 Å². The van der Waals surface area contributed by atoms with E-state index in [1.807, 2.05) is 35.7 Å². The lowest BCUT2D eigenvalue weighted by atomic mass is 9.95. The summed E-state index contributed by atoms with van der Waals surface area (Å²) in [6, 6.07) is 19.0. The molecule has 3 aromatic rings. The number of hydrogen-bond donors (Lipinski definition) is 2. The zero-order valence-corrected chi connectivity index (χ0v) is 16.5. The minimum Gasteiger partial charge on any atom is -0.481 e. The number of carboxylic acid groups (broad SMARTS) is 1. The van der Waals surface area contributed by atoms with E-state index < -0.39 is 23.9 Å². The highest BCUT2D eigenvalue weighted by atomic mass is 32.1. The molecule has 0 radical (unpaired) electrons. The van der Waals surface area contributed by atoms with Gasteiger partial charge in [-0.15, -0.1) is 11.3 Å². The van der Waals surface area contributed by atoms with Gasteiger partial charge in [-0.05, 0) is 33.7 Å². The molecule has 29 heavy (non-hydrogen) atoms. The predicted molar refractivity (Wildman–Crippen MR) is 112 cm³/mol. The molecule has 1 heterocycles. The number of nitrogens with two attached hydrogens (primary N) is 1. The molecule has 148 valence electrons. The molecular formula is C23H21NO4S. The number of ether oxygens (including phenoxy) is 1. The average Bonchev–Trinajstić information content (AvgIpc) is 3.33. The third-order valence-corrected chi connectivity index (χ3v) is 6.25. The Morgan fingerprint density at radius 1 is 1.00 bits per heavy atom. The number of fused-ring (bicyclic) bond motifs is 3. The molecule has 0 fully saturated rings. The van der Waals surface area contributed by atoms with Crippen LogP contribution in [0.25, 0.3) is 11.1 Å². The molecule has 3 N–H and O–H groups in total. The minimum absolute atomic E-state index is 0.0500. The van der Waals surface area contributed by atoms with Gasteiger partial charge in [-0.1, -0.05) is 54.6 Å². The smallest absolute Gasteiger partial charge is 0.315 e. The number of rotatable bonds is 7. The first kappa shape index (κ1) is 19.4. The number of thiophene rings is 1. The third kappa shape index (κ3) is 3.81. The fraction of sp³-hybridized carbons (Fsp3) is 0.217. The van der Waals surface area contributed by atoms with Gasteiger partial charge in [0.2, 0.25) is 0 Å². The highest BCUT2D eigenvalue weighted by Gasteiger charge is 2.34. The molecule has 0 amide bonds. The summed E-state index contributed by atoms with van der Waals surface area (Å²) in [5.41, 5.74) is 10.6. The van der Waals surface area contributed by atoms with Crippen LogP contribution in [0.3, 0.4) is 0 Å². The zero-order chi connectivity index (χ0) is 20.4. The van der Waals surface area contributed by atoms with Gasteiger partial charge in [0.15, 0.2) is 0 Å². The fourth-order valence-electron chi connectivity index (χ4n) is 3.98. The van der Waals surface area contributed by atoms with E-state index in [9.17, 15) is 9.59 Å². The van der Waals surface area contributed by atoms with Crippen LogP contribution in [0, 0.1) is 0 Å². The van der Waals surface area contributed by atoms with Crippen LogP contribution < -0.4 is 5.73 Å². The van der Waals surface area contributed by atoms with E-state index in [0.29, 0.717) is 0 Å². The second-order valence-corrected chi connectivity index (χ2v) is 8.09. The Labute approximate surface area is 172 Å². The van der Waals surface area contributed by atoms with Crippen LogP contribution in [0.15, 0.2) is 66.0 Å². The number of hydrogen-bond acceptors (Lipinski definition) is 5. The van der Waals surface area contributed by atoms with E-state index in [1.165, 1.54) is 11.3 Å².